The van der Waals surface area contributed by atoms with E-state index in [9.17, 15) is 24.4 Å². The Balaban J connectivity index is 1.81. The monoisotopic (exact) mass is 497 g/mol. The number of halogens is 2. The molecule has 1 N–H and O–H groups in total. The fourth-order valence-electron chi connectivity index (χ4n) is 3.07. The number of nitro benzene ring substituents is 1. The topological polar surface area (TPSA) is 115 Å². The van der Waals surface area contributed by atoms with Gasteiger partial charge in [-0.25, -0.2) is 9.37 Å². The average molecular weight is 498 g/mol. The Morgan fingerprint density at radius 3 is 2.41 bits per heavy atom. The normalized spacial score (nSPS) is 18.5. The zero-order chi connectivity index (χ0) is 22.8. The average Bonchev–Trinajstić information content (AvgIpc) is 3.11. The van der Waals surface area contributed by atoms with Crippen LogP contribution in [0.1, 0.15) is 17.2 Å². The Kier molecular flexibility index (Phi) is 5.78. The summed E-state index contributed by atoms with van der Waals surface area (Å²) in [6.45, 7) is 0. The molecule has 1 saturated heterocycles. The molecule has 10 heteroatoms. The molecule has 8 nitrogen and oxygen atoms in total. The van der Waals surface area contributed by atoms with Crippen molar-refractivity contribution in [1.29, 1.82) is 0 Å². The van der Waals surface area contributed by atoms with Gasteiger partial charge in [0.05, 0.1) is 10.5 Å². The molecule has 2 aromatic carbocycles. The Labute approximate surface area is 189 Å². The van der Waals surface area contributed by atoms with Gasteiger partial charge in [0.1, 0.15) is 11.6 Å². The third-order valence-electron chi connectivity index (χ3n) is 4.64. The number of ketones is 1. The van der Waals surface area contributed by atoms with Crippen LogP contribution in [-0.4, -0.2) is 26.7 Å². The van der Waals surface area contributed by atoms with Crippen molar-refractivity contribution in [2.75, 3.05) is 0 Å². The van der Waals surface area contributed by atoms with Gasteiger partial charge in [-0.05, 0) is 57.9 Å². The highest BCUT2D eigenvalue weighted by Crippen LogP contribution is 2.38. The summed E-state index contributed by atoms with van der Waals surface area (Å²) in [4.78, 5) is 31.7. The van der Waals surface area contributed by atoms with Crippen LogP contribution in [0.3, 0.4) is 0 Å². The minimum absolute atomic E-state index is 0.124. The van der Waals surface area contributed by atoms with Gasteiger partial charge in [0.25, 0.3) is 17.4 Å². The van der Waals surface area contributed by atoms with Crippen molar-refractivity contribution in [3.05, 3.63) is 104 Å². The molecule has 1 aliphatic rings. The molecule has 0 aliphatic carbocycles. The predicted octanol–water partition coefficient (Wildman–Crippen LogP) is 5.23. The molecule has 0 bridgehead atoms. The SMILES string of the molecule is O=C1C(=Nc2ccc(Br)cn2)OC(c2ccc(F)cc2)/C1=C(\O)c1ccc([N+](=O)[O-])cc1. The van der Waals surface area contributed by atoms with Crippen LogP contribution in [0.2, 0.25) is 0 Å². The number of ether oxygens (including phenoxy) is 1. The maximum atomic E-state index is 13.4. The van der Waals surface area contributed by atoms with E-state index >= 15 is 0 Å². The van der Waals surface area contributed by atoms with Crippen molar-refractivity contribution in [2.45, 2.75) is 6.10 Å². The van der Waals surface area contributed by atoms with Crippen molar-refractivity contribution < 1.29 is 24.0 Å². The number of aliphatic imine (C=N–C) groups is 1. The van der Waals surface area contributed by atoms with Gasteiger partial charge in [0.2, 0.25) is 0 Å². The van der Waals surface area contributed by atoms with Crippen molar-refractivity contribution >= 4 is 44.9 Å². The number of aromatic nitrogens is 1. The molecule has 0 radical (unpaired) electrons. The maximum absolute atomic E-state index is 13.4. The smallest absolute Gasteiger partial charge is 0.269 e. The lowest BCUT2D eigenvalue weighted by molar-refractivity contribution is -0.384. The third kappa shape index (κ3) is 4.26. The molecule has 2 heterocycles. The first-order valence-corrected chi connectivity index (χ1v) is 9.98. The van der Waals surface area contributed by atoms with E-state index in [0.717, 1.165) is 4.47 Å². The van der Waals surface area contributed by atoms with E-state index in [2.05, 4.69) is 25.9 Å². The van der Waals surface area contributed by atoms with Crippen LogP contribution in [0, 0.1) is 15.9 Å². The lowest BCUT2D eigenvalue weighted by atomic mass is 9.96. The van der Waals surface area contributed by atoms with Crippen LogP contribution in [-0.2, 0) is 9.53 Å². The zero-order valence-corrected chi connectivity index (χ0v) is 17.7. The third-order valence-corrected chi connectivity index (χ3v) is 5.11. The molecule has 0 spiro atoms. The second-order valence-corrected chi connectivity index (χ2v) is 7.61. The van der Waals surface area contributed by atoms with E-state index in [1.165, 1.54) is 54.7 Å². The van der Waals surface area contributed by atoms with Gasteiger partial charge in [-0.15, -0.1) is 0 Å². The molecular weight excluding hydrogens is 485 g/mol. The van der Waals surface area contributed by atoms with Gasteiger partial charge in [-0.1, -0.05) is 12.1 Å². The van der Waals surface area contributed by atoms with Crippen molar-refractivity contribution in [2.24, 2.45) is 4.99 Å². The number of pyridine rings is 1. The van der Waals surface area contributed by atoms with Gasteiger partial charge in [0.15, 0.2) is 11.9 Å². The first-order chi connectivity index (χ1) is 15.3. The lowest BCUT2D eigenvalue weighted by Gasteiger charge is -2.13. The van der Waals surface area contributed by atoms with Gasteiger partial charge in [0, 0.05) is 28.4 Å². The number of benzene rings is 2. The lowest BCUT2D eigenvalue weighted by Crippen LogP contribution is -2.09. The van der Waals surface area contributed by atoms with E-state index < -0.39 is 28.4 Å². The fraction of sp³-hybridized carbons (Fsp3) is 0.0455. The number of hydrogen-bond donors (Lipinski definition) is 1. The van der Waals surface area contributed by atoms with Crippen LogP contribution in [0.25, 0.3) is 5.76 Å². The number of carbonyl (C=O) groups excluding carboxylic acids is 1. The van der Waals surface area contributed by atoms with Crippen LogP contribution in [0.5, 0.6) is 0 Å². The molecule has 1 atom stereocenters. The number of Topliss-reactive ketones (excluding diaryl/α,β-unsaturated/α-hetero) is 1. The van der Waals surface area contributed by atoms with Gasteiger partial charge < -0.3 is 9.84 Å². The molecule has 3 aromatic rings. The Morgan fingerprint density at radius 2 is 1.81 bits per heavy atom. The molecule has 0 amide bonds. The summed E-state index contributed by atoms with van der Waals surface area (Å²) in [6.07, 6.45) is 0.439. The van der Waals surface area contributed by atoms with Gasteiger partial charge in [-0.3, -0.25) is 14.9 Å². The molecule has 1 aliphatic heterocycles. The number of nitro groups is 1. The van der Waals surface area contributed by atoms with E-state index in [0.29, 0.717) is 5.56 Å². The van der Waals surface area contributed by atoms with Crippen LogP contribution in [0.15, 0.2) is 81.9 Å². The van der Waals surface area contributed by atoms with E-state index in [4.69, 9.17) is 4.74 Å². The van der Waals surface area contributed by atoms with E-state index in [1.54, 1.807) is 12.1 Å². The molecule has 1 unspecified atom stereocenters. The number of aliphatic hydroxyl groups is 1. The van der Waals surface area contributed by atoms with Crippen LogP contribution in [0.4, 0.5) is 15.9 Å². The molecule has 0 saturated carbocycles. The standard InChI is InChI=1S/C22H13BrFN3O5/c23-14-5-10-17(25-11-14)26-22-20(29)18(21(32-22)13-1-6-15(24)7-2-13)19(28)12-3-8-16(9-4-12)27(30)31/h1-11,21,28H/b19-18-,26-22?. The maximum Gasteiger partial charge on any atom is 0.269 e. The summed E-state index contributed by atoms with van der Waals surface area (Å²) >= 11 is 3.26. The molecule has 4 rings (SSSR count). The number of non-ortho nitro benzene ring substituents is 1. The molecule has 1 fully saturated rings. The second-order valence-electron chi connectivity index (χ2n) is 6.70. The second kappa shape index (κ2) is 8.67. The number of rotatable bonds is 4. The number of hydrogen-bond acceptors (Lipinski definition) is 7. The fourth-order valence-corrected chi connectivity index (χ4v) is 3.31. The quantitative estimate of drug-likeness (QED) is 0.228. The first-order valence-electron chi connectivity index (χ1n) is 9.18. The highest BCUT2D eigenvalue weighted by Gasteiger charge is 2.41. The van der Waals surface area contributed by atoms with Crippen molar-refractivity contribution in [1.82, 2.24) is 4.98 Å². The Hall–Kier alpha value is -3.92. The highest BCUT2D eigenvalue weighted by atomic mass is 79.9. The van der Waals surface area contributed by atoms with Gasteiger partial charge >= 0.3 is 0 Å². The van der Waals surface area contributed by atoms with Gasteiger partial charge in [-0.2, -0.15) is 4.99 Å². The Bertz CT molecular complexity index is 1260. The summed E-state index contributed by atoms with van der Waals surface area (Å²) < 4.78 is 19.9. The van der Waals surface area contributed by atoms with Crippen molar-refractivity contribution in [3.63, 3.8) is 0 Å². The summed E-state index contributed by atoms with van der Waals surface area (Å²) in [5.41, 5.74) is 0.301. The zero-order valence-electron chi connectivity index (χ0n) is 16.1. The minimum Gasteiger partial charge on any atom is -0.507 e. The van der Waals surface area contributed by atoms with Crippen LogP contribution < -0.4 is 0 Å². The van der Waals surface area contributed by atoms with Crippen LogP contribution >= 0.6 is 15.9 Å². The minimum atomic E-state index is -1.06. The number of aliphatic hydroxyl groups excluding tert-OH is 1. The molecular formula is C22H13BrFN3O5. The van der Waals surface area contributed by atoms with E-state index in [-0.39, 0.29) is 28.5 Å². The number of carbonyl (C=O) groups is 1. The highest BCUT2D eigenvalue weighted by molar-refractivity contribution is 9.10. The summed E-state index contributed by atoms with van der Waals surface area (Å²) in [5, 5.41) is 21.8. The number of nitrogens with zero attached hydrogens (tertiary/aromatic N) is 3. The summed E-state index contributed by atoms with van der Waals surface area (Å²) in [5.74, 6) is -1.66. The molecule has 160 valence electrons. The summed E-state index contributed by atoms with van der Waals surface area (Å²) in [6, 6.07) is 13.6. The first kappa shape index (κ1) is 21.3. The molecule has 32 heavy (non-hydrogen) atoms. The Morgan fingerprint density at radius 1 is 1.12 bits per heavy atom. The largest absolute Gasteiger partial charge is 0.507 e. The molecule has 1 aromatic heterocycles. The summed E-state index contributed by atoms with van der Waals surface area (Å²) in [7, 11) is 0. The van der Waals surface area contributed by atoms with Crippen molar-refractivity contribution in [3.8, 4) is 0 Å². The predicted molar refractivity (Wildman–Crippen MR) is 117 cm³/mol. The van der Waals surface area contributed by atoms with E-state index in [1.807, 2.05) is 0 Å².